The minimum atomic E-state index is -0.573. The molecule has 0 unspecified atom stereocenters. The van der Waals surface area contributed by atoms with Crippen LogP contribution in [-0.4, -0.2) is 0 Å². The van der Waals surface area contributed by atoms with Crippen molar-refractivity contribution in [3.63, 3.8) is 0 Å². The van der Waals surface area contributed by atoms with Crippen LogP contribution in [0.15, 0.2) is 12.1 Å². The predicted molar refractivity (Wildman–Crippen MR) is 45.4 cm³/mol. The summed E-state index contributed by atoms with van der Waals surface area (Å²) in [4.78, 5) is 4.31. The Morgan fingerprint density at radius 2 is 2.08 bits per heavy atom. The molecule has 1 rings (SSSR count). The van der Waals surface area contributed by atoms with E-state index < -0.39 is 5.82 Å². The van der Waals surface area contributed by atoms with Crippen LogP contribution in [0.4, 0.5) is 4.39 Å². The van der Waals surface area contributed by atoms with Crippen LogP contribution in [-0.2, 0) is 11.4 Å². The van der Waals surface area contributed by atoms with Crippen molar-refractivity contribution in [2.45, 2.75) is 6.61 Å². The van der Waals surface area contributed by atoms with Gasteiger partial charge in [-0.25, -0.2) is 10.3 Å². The zero-order valence-corrected chi connectivity index (χ0v) is 7.49. The summed E-state index contributed by atoms with van der Waals surface area (Å²) in [6.07, 6.45) is 0. The van der Waals surface area contributed by atoms with E-state index in [0.29, 0.717) is 5.56 Å². The largest absolute Gasteiger partial charge is 0.300 e. The third kappa shape index (κ3) is 2.08. The van der Waals surface area contributed by atoms with Crippen LogP contribution in [0.3, 0.4) is 0 Å². The molecule has 0 saturated heterocycles. The van der Waals surface area contributed by atoms with Crippen LogP contribution in [0.1, 0.15) is 5.56 Å². The van der Waals surface area contributed by atoms with Gasteiger partial charge in [-0.3, -0.25) is 4.84 Å². The Hall–Kier alpha value is -0.350. The molecule has 0 aliphatic carbocycles. The molecule has 0 radical (unpaired) electrons. The predicted octanol–water partition coefficient (Wildman–Crippen LogP) is 2.52. The van der Waals surface area contributed by atoms with Crippen molar-refractivity contribution >= 4 is 23.2 Å². The molecule has 0 heterocycles. The summed E-state index contributed by atoms with van der Waals surface area (Å²) >= 11 is 11.1. The van der Waals surface area contributed by atoms with Gasteiger partial charge in [0.1, 0.15) is 5.82 Å². The first kappa shape index (κ1) is 9.74. The monoisotopic (exact) mass is 209 g/mol. The Bertz CT molecular complexity index is 293. The van der Waals surface area contributed by atoms with Gasteiger partial charge >= 0.3 is 0 Å². The van der Waals surface area contributed by atoms with E-state index in [0.717, 1.165) is 6.07 Å². The highest BCUT2D eigenvalue weighted by Crippen LogP contribution is 2.24. The molecular weight excluding hydrogens is 204 g/mol. The lowest BCUT2D eigenvalue weighted by Gasteiger charge is -2.03. The fourth-order valence-electron chi connectivity index (χ4n) is 0.804. The number of hydrogen-bond acceptors (Lipinski definition) is 2. The van der Waals surface area contributed by atoms with E-state index in [-0.39, 0.29) is 16.7 Å². The highest BCUT2D eigenvalue weighted by atomic mass is 35.5. The van der Waals surface area contributed by atoms with Crippen molar-refractivity contribution in [1.82, 2.24) is 0 Å². The van der Waals surface area contributed by atoms with Crippen molar-refractivity contribution in [3.8, 4) is 0 Å². The first-order valence-electron chi connectivity index (χ1n) is 3.10. The Kier molecular flexibility index (Phi) is 3.29. The lowest BCUT2D eigenvalue weighted by molar-refractivity contribution is 0.124. The average Bonchev–Trinajstić information content (AvgIpc) is 2.00. The molecule has 1 aromatic rings. The van der Waals surface area contributed by atoms with E-state index in [4.69, 9.17) is 29.1 Å². The summed E-state index contributed by atoms with van der Waals surface area (Å²) in [6.45, 7) is 0.0380. The van der Waals surface area contributed by atoms with Gasteiger partial charge in [-0.15, -0.1) is 0 Å². The lowest BCUT2D eigenvalue weighted by atomic mass is 10.2. The molecule has 66 valence electrons. The molecule has 0 spiro atoms. The zero-order chi connectivity index (χ0) is 9.14. The molecule has 0 atom stereocenters. The summed E-state index contributed by atoms with van der Waals surface area (Å²) in [5.41, 5.74) is 0.434. The summed E-state index contributed by atoms with van der Waals surface area (Å²) in [5, 5.41) is 0.258. The number of rotatable bonds is 2. The molecule has 0 aliphatic rings. The molecule has 0 aliphatic heterocycles. The van der Waals surface area contributed by atoms with Crippen LogP contribution in [0.2, 0.25) is 10.0 Å². The Morgan fingerprint density at radius 1 is 1.42 bits per heavy atom. The standard InChI is InChI=1S/C7H6Cl2FNO/c8-5-1-4(3-12-11)7(9)6(10)2-5/h1-2H,3,11H2. The van der Waals surface area contributed by atoms with Crippen molar-refractivity contribution in [3.05, 3.63) is 33.6 Å². The van der Waals surface area contributed by atoms with Crippen molar-refractivity contribution in [2.75, 3.05) is 0 Å². The quantitative estimate of drug-likeness (QED) is 0.601. The van der Waals surface area contributed by atoms with Crippen molar-refractivity contribution in [2.24, 2.45) is 5.90 Å². The Balaban J connectivity index is 3.09. The van der Waals surface area contributed by atoms with Gasteiger partial charge in [0.15, 0.2) is 0 Å². The topological polar surface area (TPSA) is 35.2 Å². The molecule has 2 N–H and O–H groups in total. The SMILES string of the molecule is NOCc1cc(Cl)cc(F)c1Cl. The van der Waals surface area contributed by atoms with Crippen LogP contribution in [0.5, 0.6) is 0 Å². The van der Waals surface area contributed by atoms with Gasteiger partial charge in [0.05, 0.1) is 11.6 Å². The third-order valence-electron chi connectivity index (χ3n) is 1.31. The molecule has 0 fully saturated rings. The fourth-order valence-corrected chi connectivity index (χ4v) is 1.20. The number of benzene rings is 1. The van der Waals surface area contributed by atoms with E-state index in [2.05, 4.69) is 4.84 Å². The number of halogens is 3. The molecule has 0 amide bonds. The van der Waals surface area contributed by atoms with Crippen LogP contribution >= 0.6 is 23.2 Å². The maximum atomic E-state index is 12.9. The Morgan fingerprint density at radius 3 is 2.67 bits per heavy atom. The third-order valence-corrected chi connectivity index (χ3v) is 1.95. The van der Waals surface area contributed by atoms with Crippen LogP contribution < -0.4 is 5.90 Å². The normalized spacial score (nSPS) is 10.3. The second-order valence-corrected chi connectivity index (χ2v) is 2.99. The average molecular weight is 210 g/mol. The highest BCUT2D eigenvalue weighted by Gasteiger charge is 2.07. The van der Waals surface area contributed by atoms with E-state index in [1.54, 1.807) is 0 Å². The highest BCUT2D eigenvalue weighted by molar-refractivity contribution is 6.33. The second kappa shape index (κ2) is 4.05. The zero-order valence-electron chi connectivity index (χ0n) is 5.98. The fraction of sp³-hybridized carbons (Fsp3) is 0.143. The number of nitrogens with two attached hydrogens (primary N) is 1. The van der Waals surface area contributed by atoms with E-state index >= 15 is 0 Å². The molecule has 1 aromatic carbocycles. The first-order chi connectivity index (χ1) is 5.65. The van der Waals surface area contributed by atoms with Gasteiger partial charge in [-0.1, -0.05) is 23.2 Å². The maximum Gasteiger partial charge on any atom is 0.143 e. The summed E-state index contributed by atoms with van der Waals surface area (Å²) in [5.74, 6) is 4.23. The van der Waals surface area contributed by atoms with E-state index in [1.165, 1.54) is 6.07 Å². The van der Waals surface area contributed by atoms with Gasteiger partial charge in [-0.2, -0.15) is 0 Å². The Labute approximate surface area is 79.0 Å². The summed E-state index contributed by atoms with van der Waals surface area (Å²) in [7, 11) is 0. The summed E-state index contributed by atoms with van der Waals surface area (Å²) < 4.78 is 12.9. The van der Waals surface area contributed by atoms with Crippen molar-refractivity contribution < 1.29 is 9.23 Å². The molecule has 2 nitrogen and oxygen atoms in total. The van der Waals surface area contributed by atoms with Gasteiger partial charge < -0.3 is 0 Å². The molecule has 0 bridgehead atoms. The molecule has 0 aromatic heterocycles. The van der Waals surface area contributed by atoms with Crippen LogP contribution in [0.25, 0.3) is 0 Å². The van der Waals surface area contributed by atoms with E-state index in [1.807, 2.05) is 0 Å². The maximum absolute atomic E-state index is 12.9. The molecular formula is C7H6Cl2FNO. The van der Waals surface area contributed by atoms with Gasteiger partial charge in [0.25, 0.3) is 0 Å². The van der Waals surface area contributed by atoms with Crippen molar-refractivity contribution in [1.29, 1.82) is 0 Å². The van der Waals surface area contributed by atoms with Gasteiger partial charge in [0.2, 0.25) is 0 Å². The minimum absolute atomic E-state index is 0.00940. The summed E-state index contributed by atoms with van der Waals surface area (Å²) in [6, 6.07) is 2.63. The molecule has 0 saturated carbocycles. The molecule has 12 heavy (non-hydrogen) atoms. The smallest absolute Gasteiger partial charge is 0.143 e. The minimum Gasteiger partial charge on any atom is -0.300 e. The van der Waals surface area contributed by atoms with Gasteiger partial charge in [-0.05, 0) is 12.1 Å². The van der Waals surface area contributed by atoms with Gasteiger partial charge in [0, 0.05) is 10.6 Å². The van der Waals surface area contributed by atoms with E-state index in [9.17, 15) is 4.39 Å². The van der Waals surface area contributed by atoms with Crippen LogP contribution in [0, 0.1) is 5.82 Å². The first-order valence-corrected chi connectivity index (χ1v) is 3.86. The molecule has 5 heteroatoms. The lowest BCUT2D eigenvalue weighted by Crippen LogP contribution is -2.00. The second-order valence-electron chi connectivity index (χ2n) is 2.17. The number of hydrogen-bond donors (Lipinski definition) is 1.